The zero-order chi connectivity index (χ0) is 19.0. The van der Waals surface area contributed by atoms with Crippen LogP contribution in [-0.2, 0) is 18.3 Å². The van der Waals surface area contributed by atoms with E-state index >= 15 is 0 Å². The summed E-state index contributed by atoms with van der Waals surface area (Å²) in [5.74, 6) is 1.21. The van der Waals surface area contributed by atoms with Crippen LogP contribution in [0.5, 0.6) is 0 Å². The fourth-order valence-corrected chi connectivity index (χ4v) is 3.63. The maximum absolute atomic E-state index is 12.8. The van der Waals surface area contributed by atoms with Crippen LogP contribution in [0.2, 0.25) is 0 Å². The summed E-state index contributed by atoms with van der Waals surface area (Å²) >= 11 is 0. The molecule has 1 saturated heterocycles. The van der Waals surface area contributed by atoms with Crippen molar-refractivity contribution in [3.8, 4) is 0 Å². The molecule has 1 aromatic carbocycles. The summed E-state index contributed by atoms with van der Waals surface area (Å²) in [6.45, 7) is 5.79. The monoisotopic (exact) mass is 364 g/mol. The molecule has 7 heteroatoms. The van der Waals surface area contributed by atoms with Crippen molar-refractivity contribution in [1.29, 1.82) is 0 Å². The molecule has 1 aliphatic heterocycles. The van der Waals surface area contributed by atoms with Crippen molar-refractivity contribution in [3.05, 3.63) is 41.2 Å². The fourth-order valence-electron chi connectivity index (χ4n) is 3.63. The standard InChI is InChI=1S/C20H24N6O/c1-13-15(14(2)25(3)24-13)12-18(27)23-19-20(26-10-6-7-11-26)22-17-9-5-4-8-16(17)21-19/h4-5,8-9H,6-7,10-12H2,1-3H3,(H,21,23,27). The van der Waals surface area contributed by atoms with Gasteiger partial charge in [-0.2, -0.15) is 5.10 Å². The van der Waals surface area contributed by atoms with E-state index in [1.165, 1.54) is 0 Å². The van der Waals surface area contributed by atoms with E-state index in [0.29, 0.717) is 5.82 Å². The normalized spacial score (nSPS) is 14.1. The van der Waals surface area contributed by atoms with Gasteiger partial charge < -0.3 is 10.2 Å². The number of hydrogen-bond acceptors (Lipinski definition) is 5. The minimum absolute atomic E-state index is 0.0979. The van der Waals surface area contributed by atoms with Crippen LogP contribution in [0.1, 0.15) is 29.8 Å². The van der Waals surface area contributed by atoms with Crippen LogP contribution in [0.15, 0.2) is 24.3 Å². The topological polar surface area (TPSA) is 75.9 Å². The third kappa shape index (κ3) is 3.37. The van der Waals surface area contributed by atoms with E-state index in [0.717, 1.165) is 59.7 Å². The van der Waals surface area contributed by atoms with Gasteiger partial charge in [-0.25, -0.2) is 9.97 Å². The second kappa shape index (κ2) is 6.98. The van der Waals surface area contributed by atoms with Gasteiger partial charge in [0.05, 0.1) is 23.1 Å². The molecule has 1 aliphatic rings. The van der Waals surface area contributed by atoms with Gasteiger partial charge >= 0.3 is 0 Å². The average Bonchev–Trinajstić information content (AvgIpc) is 3.26. The Bertz CT molecular complexity index is 1000. The Morgan fingerprint density at radius 3 is 2.41 bits per heavy atom. The molecule has 1 N–H and O–H groups in total. The zero-order valence-electron chi connectivity index (χ0n) is 16.0. The molecule has 140 valence electrons. The highest BCUT2D eigenvalue weighted by molar-refractivity contribution is 5.95. The third-order valence-electron chi connectivity index (χ3n) is 5.21. The first kappa shape index (κ1) is 17.5. The molecule has 2 aromatic heterocycles. The summed E-state index contributed by atoms with van der Waals surface area (Å²) in [5.41, 5.74) is 4.48. The lowest BCUT2D eigenvalue weighted by atomic mass is 10.1. The Balaban J connectivity index is 1.65. The molecule has 0 radical (unpaired) electrons. The Hall–Kier alpha value is -2.96. The number of amides is 1. The predicted molar refractivity (Wildman–Crippen MR) is 106 cm³/mol. The number of carbonyl (C=O) groups excluding carboxylic acids is 1. The van der Waals surface area contributed by atoms with Crippen molar-refractivity contribution >= 4 is 28.6 Å². The summed E-state index contributed by atoms with van der Waals surface area (Å²) in [6.07, 6.45) is 2.55. The summed E-state index contributed by atoms with van der Waals surface area (Å²) in [6, 6.07) is 7.76. The Kier molecular flexibility index (Phi) is 4.51. The van der Waals surface area contributed by atoms with Gasteiger partial charge in [0.1, 0.15) is 0 Å². The van der Waals surface area contributed by atoms with Gasteiger partial charge in [0, 0.05) is 31.4 Å². The first-order valence-electron chi connectivity index (χ1n) is 9.33. The van der Waals surface area contributed by atoms with E-state index in [9.17, 15) is 4.79 Å². The van der Waals surface area contributed by atoms with Crippen LogP contribution in [0.4, 0.5) is 11.6 Å². The van der Waals surface area contributed by atoms with Crippen LogP contribution < -0.4 is 10.2 Å². The van der Waals surface area contributed by atoms with Gasteiger partial charge in [0.25, 0.3) is 0 Å². The Labute approximate surface area is 158 Å². The number of nitrogens with zero attached hydrogens (tertiary/aromatic N) is 5. The molecule has 0 atom stereocenters. The van der Waals surface area contributed by atoms with Crippen molar-refractivity contribution in [2.75, 3.05) is 23.3 Å². The van der Waals surface area contributed by atoms with Crippen molar-refractivity contribution < 1.29 is 4.79 Å². The average molecular weight is 364 g/mol. The smallest absolute Gasteiger partial charge is 0.230 e. The van der Waals surface area contributed by atoms with E-state index < -0.39 is 0 Å². The Morgan fingerprint density at radius 2 is 1.78 bits per heavy atom. The van der Waals surface area contributed by atoms with Crippen LogP contribution in [0.25, 0.3) is 11.0 Å². The zero-order valence-corrected chi connectivity index (χ0v) is 16.0. The van der Waals surface area contributed by atoms with E-state index in [-0.39, 0.29) is 12.3 Å². The van der Waals surface area contributed by atoms with Crippen LogP contribution in [0.3, 0.4) is 0 Å². The lowest BCUT2D eigenvalue weighted by Gasteiger charge is -2.20. The number of carbonyl (C=O) groups is 1. The molecular formula is C20H24N6O. The number of rotatable bonds is 4. The number of aromatic nitrogens is 4. The van der Waals surface area contributed by atoms with Crippen LogP contribution in [-0.4, -0.2) is 38.7 Å². The molecule has 0 saturated carbocycles. The molecule has 0 spiro atoms. The molecule has 7 nitrogen and oxygen atoms in total. The van der Waals surface area contributed by atoms with Gasteiger partial charge in [0.15, 0.2) is 11.6 Å². The number of fused-ring (bicyclic) bond motifs is 1. The summed E-state index contributed by atoms with van der Waals surface area (Å²) < 4.78 is 1.81. The van der Waals surface area contributed by atoms with E-state index in [1.54, 1.807) is 0 Å². The molecule has 0 bridgehead atoms. The predicted octanol–water partition coefficient (Wildman–Crippen LogP) is 2.76. The van der Waals surface area contributed by atoms with Gasteiger partial charge in [-0.05, 0) is 38.8 Å². The van der Waals surface area contributed by atoms with E-state index in [2.05, 4.69) is 15.3 Å². The third-order valence-corrected chi connectivity index (χ3v) is 5.21. The minimum atomic E-state index is -0.0979. The quantitative estimate of drug-likeness (QED) is 0.770. The number of nitrogens with one attached hydrogen (secondary N) is 1. The number of hydrogen-bond donors (Lipinski definition) is 1. The highest BCUT2D eigenvalue weighted by atomic mass is 16.1. The molecule has 27 heavy (non-hydrogen) atoms. The van der Waals surface area contributed by atoms with Gasteiger partial charge in [-0.3, -0.25) is 9.48 Å². The molecule has 1 amide bonds. The van der Waals surface area contributed by atoms with Crippen molar-refractivity contribution in [2.24, 2.45) is 7.05 Å². The highest BCUT2D eigenvalue weighted by Gasteiger charge is 2.21. The van der Waals surface area contributed by atoms with Gasteiger partial charge in [0.2, 0.25) is 5.91 Å². The van der Waals surface area contributed by atoms with Crippen molar-refractivity contribution in [3.63, 3.8) is 0 Å². The van der Waals surface area contributed by atoms with E-state index in [4.69, 9.17) is 9.97 Å². The second-order valence-electron chi connectivity index (χ2n) is 7.08. The SMILES string of the molecule is Cc1nn(C)c(C)c1CC(=O)Nc1nc2ccccc2nc1N1CCCC1. The number of para-hydroxylation sites is 2. The number of anilines is 2. The lowest BCUT2D eigenvalue weighted by molar-refractivity contribution is -0.115. The lowest BCUT2D eigenvalue weighted by Crippen LogP contribution is -2.24. The van der Waals surface area contributed by atoms with Crippen LogP contribution in [0, 0.1) is 13.8 Å². The molecule has 3 heterocycles. The number of aryl methyl sites for hydroxylation is 2. The van der Waals surface area contributed by atoms with Crippen molar-refractivity contribution in [1.82, 2.24) is 19.7 Å². The Morgan fingerprint density at radius 1 is 1.11 bits per heavy atom. The summed E-state index contributed by atoms with van der Waals surface area (Å²) in [7, 11) is 1.89. The first-order valence-corrected chi connectivity index (χ1v) is 9.33. The van der Waals surface area contributed by atoms with Gasteiger partial charge in [-0.1, -0.05) is 12.1 Å². The fraction of sp³-hybridized carbons (Fsp3) is 0.400. The highest BCUT2D eigenvalue weighted by Crippen LogP contribution is 2.28. The molecular weight excluding hydrogens is 340 g/mol. The maximum Gasteiger partial charge on any atom is 0.230 e. The van der Waals surface area contributed by atoms with Gasteiger partial charge in [-0.15, -0.1) is 0 Å². The maximum atomic E-state index is 12.8. The first-order chi connectivity index (χ1) is 13.0. The second-order valence-corrected chi connectivity index (χ2v) is 7.08. The molecule has 1 fully saturated rings. The van der Waals surface area contributed by atoms with E-state index in [1.807, 2.05) is 49.8 Å². The molecule has 3 aromatic rings. The van der Waals surface area contributed by atoms with Crippen LogP contribution >= 0.6 is 0 Å². The largest absolute Gasteiger partial charge is 0.354 e. The molecule has 0 unspecified atom stereocenters. The van der Waals surface area contributed by atoms with Crippen molar-refractivity contribution in [2.45, 2.75) is 33.1 Å². The number of benzene rings is 1. The summed E-state index contributed by atoms with van der Waals surface area (Å²) in [5, 5.41) is 7.39. The summed E-state index contributed by atoms with van der Waals surface area (Å²) in [4.78, 5) is 24.5. The minimum Gasteiger partial charge on any atom is -0.354 e. The molecule has 4 rings (SSSR count). The molecule has 0 aliphatic carbocycles.